The van der Waals surface area contributed by atoms with Gasteiger partial charge in [-0.2, -0.15) is 12.7 Å². The van der Waals surface area contributed by atoms with Gasteiger partial charge in [0.15, 0.2) is 0 Å². The third kappa shape index (κ3) is 3.96. The number of hydrogen-bond donors (Lipinski definition) is 1. The molecular formula is C23H28Cl3N3O3S. The van der Waals surface area contributed by atoms with Crippen LogP contribution in [0.4, 0.5) is 5.69 Å². The van der Waals surface area contributed by atoms with E-state index in [1.165, 1.54) is 52.8 Å². The van der Waals surface area contributed by atoms with Crippen molar-refractivity contribution in [2.45, 2.75) is 51.0 Å². The minimum Gasteiger partial charge on any atom is -0.352 e. The van der Waals surface area contributed by atoms with Crippen LogP contribution in [0.5, 0.6) is 0 Å². The van der Waals surface area contributed by atoms with E-state index in [0.717, 1.165) is 24.7 Å². The smallest absolute Gasteiger partial charge is 0.304 e. The van der Waals surface area contributed by atoms with Crippen LogP contribution in [0.25, 0.3) is 0 Å². The van der Waals surface area contributed by atoms with Crippen LogP contribution in [-0.4, -0.2) is 44.3 Å². The lowest BCUT2D eigenvalue weighted by Crippen LogP contribution is -2.60. The first-order valence-electron chi connectivity index (χ1n) is 11.9. The third-order valence-electron chi connectivity index (χ3n) is 8.66. The highest BCUT2D eigenvalue weighted by molar-refractivity contribution is 7.90. The molecule has 1 saturated heterocycles. The van der Waals surface area contributed by atoms with E-state index >= 15 is 0 Å². The number of amides is 1. The summed E-state index contributed by atoms with van der Waals surface area (Å²) in [4.78, 5) is 13.1. The van der Waals surface area contributed by atoms with E-state index < -0.39 is 10.2 Å². The summed E-state index contributed by atoms with van der Waals surface area (Å²) < 4.78 is 29.8. The van der Waals surface area contributed by atoms with Gasteiger partial charge in [-0.15, -0.1) is 0 Å². The molecule has 4 bridgehead atoms. The molecule has 6 fully saturated rings. The Labute approximate surface area is 210 Å². The standard InChI is InChI=1S/C23H28Cl3N3O3S/c24-17-8-18(25)22(19(26)9-17)29-12-23(1-2-23)11-28(33(29,31)32)10-20(30)27-21-15-4-13-3-14(6-15)7-16(21)5-13/h8-9,13-16,21H,1-7,10-12H2,(H,27,30). The molecule has 7 rings (SSSR count). The molecule has 1 aliphatic heterocycles. The summed E-state index contributed by atoms with van der Waals surface area (Å²) in [6.07, 6.45) is 7.97. The van der Waals surface area contributed by atoms with Crippen molar-refractivity contribution in [2.24, 2.45) is 29.1 Å². The molecule has 180 valence electrons. The molecule has 1 spiro atoms. The maximum absolute atomic E-state index is 13.6. The lowest BCUT2D eigenvalue weighted by molar-refractivity contribution is -0.125. The summed E-state index contributed by atoms with van der Waals surface area (Å²) >= 11 is 18.8. The monoisotopic (exact) mass is 531 g/mol. The summed E-state index contributed by atoms with van der Waals surface area (Å²) in [5, 5.41) is 3.96. The van der Waals surface area contributed by atoms with Gasteiger partial charge in [0.1, 0.15) is 0 Å². The molecular weight excluding hydrogens is 505 g/mol. The van der Waals surface area contributed by atoms with Crippen LogP contribution in [0.1, 0.15) is 44.9 Å². The van der Waals surface area contributed by atoms with Crippen LogP contribution in [-0.2, 0) is 15.0 Å². The van der Waals surface area contributed by atoms with Gasteiger partial charge in [-0.25, -0.2) is 0 Å². The Morgan fingerprint density at radius 1 is 0.970 bits per heavy atom. The zero-order valence-corrected chi connectivity index (χ0v) is 21.4. The van der Waals surface area contributed by atoms with Gasteiger partial charge in [0, 0.05) is 29.6 Å². The van der Waals surface area contributed by atoms with Crippen LogP contribution < -0.4 is 9.62 Å². The number of rotatable bonds is 4. The summed E-state index contributed by atoms with van der Waals surface area (Å²) in [5.74, 6) is 2.52. The highest BCUT2D eigenvalue weighted by Crippen LogP contribution is 2.54. The van der Waals surface area contributed by atoms with Gasteiger partial charge in [0.2, 0.25) is 5.91 Å². The number of anilines is 1. The normalized spacial score (nSPS) is 35.7. The van der Waals surface area contributed by atoms with Crippen LogP contribution >= 0.6 is 34.8 Å². The number of halogens is 3. The summed E-state index contributed by atoms with van der Waals surface area (Å²) in [6.45, 7) is 0.486. The molecule has 5 saturated carbocycles. The average Bonchev–Trinajstić information content (AvgIpc) is 3.46. The molecule has 1 heterocycles. The van der Waals surface area contributed by atoms with Gasteiger partial charge in [-0.3, -0.25) is 9.10 Å². The van der Waals surface area contributed by atoms with Crippen molar-refractivity contribution in [1.29, 1.82) is 0 Å². The van der Waals surface area contributed by atoms with Gasteiger partial charge < -0.3 is 5.32 Å². The van der Waals surface area contributed by atoms with Crippen LogP contribution in [0.3, 0.4) is 0 Å². The average molecular weight is 533 g/mol. The van der Waals surface area contributed by atoms with E-state index in [1.54, 1.807) is 0 Å². The fourth-order valence-corrected chi connectivity index (χ4v) is 10.2. The van der Waals surface area contributed by atoms with Gasteiger partial charge in [0.25, 0.3) is 0 Å². The number of benzene rings is 1. The molecule has 1 aromatic rings. The first-order valence-corrected chi connectivity index (χ1v) is 14.4. The van der Waals surface area contributed by atoms with Gasteiger partial charge in [-0.1, -0.05) is 34.8 Å². The van der Waals surface area contributed by atoms with Gasteiger partial charge in [0.05, 0.1) is 22.3 Å². The molecule has 0 atom stereocenters. The van der Waals surface area contributed by atoms with Crippen molar-refractivity contribution in [3.63, 3.8) is 0 Å². The maximum Gasteiger partial charge on any atom is 0.304 e. The second-order valence-corrected chi connectivity index (χ2v) is 14.1. The predicted octanol–water partition coefficient (Wildman–Crippen LogP) is 4.73. The SMILES string of the molecule is O=C(CN1CC2(CC2)CN(c2c(Cl)cc(Cl)cc2Cl)S1(=O)=O)NC1C2CC3CC(C2)CC1C3. The fourth-order valence-electron chi connectivity index (χ4n) is 7.18. The van der Waals surface area contributed by atoms with E-state index in [9.17, 15) is 13.2 Å². The highest BCUT2D eigenvalue weighted by Gasteiger charge is 2.55. The molecule has 33 heavy (non-hydrogen) atoms. The van der Waals surface area contributed by atoms with E-state index in [0.29, 0.717) is 29.9 Å². The zero-order valence-electron chi connectivity index (χ0n) is 18.3. The van der Waals surface area contributed by atoms with Crippen molar-refractivity contribution in [3.05, 3.63) is 27.2 Å². The van der Waals surface area contributed by atoms with Crippen molar-refractivity contribution >= 4 is 56.6 Å². The lowest BCUT2D eigenvalue weighted by Gasteiger charge is -2.54. The topological polar surface area (TPSA) is 69.7 Å². The predicted molar refractivity (Wildman–Crippen MR) is 130 cm³/mol. The Morgan fingerprint density at radius 2 is 1.55 bits per heavy atom. The number of nitrogens with one attached hydrogen (secondary N) is 1. The number of carbonyl (C=O) groups is 1. The zero-order chi connectivity index (χ0) is 23.1. The van der Waals surface area contributed by atoms with E-state index in [4.69, 9.17) is 34.8 Å². The third-order valence-corrected chi connectivity index (χ3v) is 11.2. The molecule has 6 aliphatic rings. The minimum atomic E-state index is -3.97. The number of hydrogen-bond acceptors (Lipinski definition) is 3. The fraction of sp³-hybridized carbons (Fsp3) is 0.696. The summed E-state index contributed by atoms with van der Waals surface area (Å²) in [5.41, 5.74) is 0.0701. The van der Waals surface area contributed by atoms with Crippen molar-refractivity contribution in [2.75, 3.05) is 23.9 Å². The van der Waals surface area contributed by atoms with Crippen LogP contribution in [0.2, 0.25) is 15.1 Å². The highest BCUT2D eigenvalue weighted by atomic mass is 35.5. The Morgan fingerprint density at radius 3 is 2.09 bits per heavy atom. The molecule has 5 aliphatic carbocycles. The lowest BCUT2D eigenvalue weighted by atomic mass is 9.54. The molecule has 0 aromatic heterocycles. The van der Waals surface area contributed by atoms with Crippen molar-refractivity contribution < 1.29 is 13.2 Å². The molecule has 1 N–H and O–H groups in total. The molecule has 1 aromatic carbocycles. The minimum absolute atomic E-state index is 0.166. The second kappa shape index (κ2) is 7.89. The Bertz CT molecular complexity index is 1060. The van der Waals surface area contributed by atoms with Crippen molar-refractivity contribution in [1.82, 2.24) is 9.62 Å². The molecule has 0 radical (unpaired) electrons. The summed E-state index contributed by atoms with van der Waals surface area (Å²) in [6, 6.07) is 3.18. The van der Waals surface area contributed by atoms with Crippen LogP contribution in [0, 0.1) is 29.1 Å². The maximum atomic E-state index is 13.6. The van der Waals surface area contributed by atoms with Crippen LogP contribution in [0.15, 0.2) is 12.1 Å². The summed E-state index contributed by atoms with van der Waals surface area (Å²) in [7, 11) is -3.97. The Hall–Kier alpha value is -0.730. The first kappa shape index (κ1) is 22.7. The first-order chi connectivity index (χ1) is 15.6. The van der Waals surface area contributed by atoms with Crippen molar-refractivity contribution in [3.8, 4) is 0 Å². The molecule has 10 heteroatoms. The molecule has 6 nitrogen and oxygen atoms in total. The Kier molecular flexibility index (Phi) is 5.43. The molecule has 1 amide bonds. The quantitative estimate of drug-likeness (QED) is 0.609. The van der Waals surface area contributed by atoms with E-state index in [1.807, 2.05) is 0 Å². The number of carbonyl (C=O) groups excluding carboxylic acids is 1. The van der Waals surface area contributed by atoms with Gasteiger partial charge in [-0.05, 0) is 80.8 Å². The molecule has 0 unspecified atom stereocenters. The largest absolute Gasteiger partial charge is 0.352 e. The van der Waals surface area contributed by atoms with E-state index in [2.05, 4.69) is 5.32 Å². The van der Waals surface area contributed by atoms with E-state index in [-0.39, 0.29) is 39.6 Å². The second-order valence-electron chi connectivity index (χ2n) is 11.0. The van der Waals surface area contributed by atoms with Gasteiger partial charge >= 0.3 is 10.2 Å². The number of nitrogens with zero attached hydrogens (tertiary/aromatic N) is 2. The Balaban J connectivity index is 1.23.